The van der Waals surface area contributed by atoms with Gasteiger partial charge in [-0.1, -0.05) is 6.92 Å². The average Bonchev–Trinajstić information content (AvgIpc) is 2.08. The first-order valence-corrected chi connectivity index (χ1v) is 4.99. The number of piperidine rings is 1. The Hall–Kier alpha value is -0.0800. The van der Waals surface area contributed by atoms with Gasteiger partial charge in [-0.2, -0.15) is 0 Å². The molecule has 0 aromatic carbocycles. The topological polar surface area (TPSA) is 15.3 Å². The van der Waals surface area contributed by atoms with Crippen molar-refractivity contribution in [2.24, 2.45) is 5.41 Å². The van der Waals surface area contributed by atoms with E-state index in [-0.39, 0.29) is 0 Å². The summed E-state index contributed by atoms with van der Waals surface area (Å²) in [5.74, 6) is 0. The van der Waals surface area contributed by atoms with Gasteiger partial charge < -0.3 is 10.2 Å². The van der Waals surface area contributed by atoms with Crippen molar-refractivity contribution in [3.05, 3.63) is 0 Å². The average molecular weight is 170 g/mol. The summed E-state index contributed by atoms with van der Waals surface area (Å²) in [5, 5.41) is 3.24. The maximum Gasteiger partial charge on any atom is -0.00166 e. The predicted octanol–water partition coefficient (Wildman–Crippen LogP) is 1.33. The highest BCUT2D eigenvalue weighted by Gasteiger charge is 2.27. The Morgan fingerprint density at radius 3 is 2.42 bits per heavy atom. The lowest BCUT2D eigenvalue weighted by Gasteiger charge is -2.38. The fourth-order valence-electron chi connectivity index (χ4n) is 1.84. The Morgan fingerprint density at radius 1 is 1.33 bits per heavy atom. The van der Waals surface area contributed by atoms with Crippen LogP contribution < -0.4 is 5.32 Å². The minimum Gasteiger partial charge on any atom is -0.320 e. The summed E-state index contributed by atoms with van der Waals surface area (Å²) in [6.07, 6.45) is 4.06. The molecule has 72 valence electrons. The number of rotatable bonds is 3. The molecule has 0 aliphatic carbocycles. The minimum atomic E-state index is 0.607. The second-order valence-electron chi connectivity index (χ2n) is 4.47. The highest BCUT2D eigenvalue weighted by atomic mass is 15.1. The van der Waals surface area contributed by atoms with Gasteiger partial charge in [-0.05, 0) is 58.4 Å². The van der Waals surface area contributed by atoms with Gasteiger partial charge in [0.05, 0.1) is 0 Å². The monoisotopic (exact) mass is 170 g/mol. The maximum atomic E-state index is 3.24. The second-order valence-corrected chi connectivity index (χ2v) is 4.47. The van der Waals surface area contributed by atoms with E-state index < -0.39 is 0 Å². The first-order valence-electron chi connectivity index (χ1n) is 4.99. The number of nitrogens with zero attached hydrogens (tertiary/aromatic N) is 1. The molecule has 1 saturated heterocycles. The largest absolute Gasteiger partial charge is 0.320 e. The SMILES string of the molecule is CNCCC1(C)CCN(C)CC1. The van der Waals surface area contributed by atoms with Crippen molar-refractivity contribution >= 4 is 0 Å². The molecule has 0 atom stereocenters. The van der Waals surface area contributed by atoms with Gasteiger partial charge in [-0.25, -0.2) is 0 Å². The Bertz CT molecular complexity index is 120. The van der Waals surface area contributed by atoms with Crippen molar-refractivity contribution < 1.29 is 0 Å². The first-order chi connectivity index (χ1) is 5.66. The van der Waals surface area contributed by atoms with Crippen molar-refractivity contribution in [1.29, 1.82) is 0 Å². The van der Waals surface area contributed by atoms with Crippen molar-refractivity contribution in [1.82, 2.24) is 10.2 Å². The number of nitrogens with one attached hydrogen (secondary N) is 1. The predicted molar refractivity (Wildman–Crippen MR) is 53.4 cm³/mol. The van der Waals surface area contributed by atoms with E-state index in [9.17, 15) is 0 Å². The molecule has 0 spiro atoms. The van der Waals surface area contributed by atoms with Gasteiger partial charge in [-0.3, -0.25) is 0 Å². The molecule has 0 amide bonds. The van der Waals surface area contributed by atoms with Crippen molar-refractivity contribution in [2.75, 3.05) is 33.7 Å². The van der Waals surface area contributed by atoms with Crippen LogP contribution in [0.5, 0.6) is 0 Å². The van der Waals surface area contributed by atoms with Crippen LogP contribution in [0, 0.1) is 5.41 Å². The molecule has 0 aromatic rings. The van der Waals surface area contributed by atoms with Crippen LogP contribution in [0.3, 0.4) is 0 Å². The van der Waals surface area contributed by atoms with E-state index in [0.29, 0.717) is 5.41 Å². The Balaban J connectivity index is 2.29. The lowest BCUT2D eigenvalue weighted by atomic mass is 9.78. The lowest BCUT2D eigenvalue weighted by molar-refractivity contribution is 0.130. The lowest BCUT2D eigenvalue weighted by Crippen LogP contribution is -2.37. The number of hydrogen-bond donors (Lipinski definition) is 1. The Kier molecular flexibility index (Phi) is 3.53. The Morgan fingerprint density at radius 2 is 1.92 bits per heavy atom. The van der Waals surface area contributed by atoms with Crippen LogP contribution in [0.1, 0.15) is 26.2 Å². The van der Waals surface area contributed by atoms with Crippen LogP contribution in [-0.2, 0) is 0 Å². The maximum absolute atomic E-state index is 3.24. The van der Waals surface area contributed by atoms with Gasteiger partial charge in [0.1, 0.15) is 0 Å². The van der Waals surface area contributed by atoms with E-state index in [1.165, 1.54) is 38.9 Å². The molecule has 0 bridgehead atoms. The smallest absolute Gasteiger partial charge is 0.00166 e. The molecular formula is C10H22N2. The van der Waals surface area contributed by atoms with E-state index >= 15 is 0 Å². The summed E-state index contributed by atoms with van der Waals surface area (Å²) in [6, 6.07) is 0. The van der Waals surface area contributed by atoms with Crippen molar-refractivity contribution in [3.8, 4) is 0 Å². The fourth-order valence-corrected chi connectivity index (χ4v) is 1.84. The molecule has 0 aromatic heterocycles. The van der Waals surface area contributed by atoms with Crippen molar-refractivity contribution in [2.45, 2.75) is 26.2 Å². The van der Waals surface area contributed by atoms with Crippen molar-refractivity contribution in [3.63, 3.8) is 0 Å². The van der Waals surface area contributed by atoms with Crippen LogP contribution in [0.15, 0.2) is 0 Å². The molecule has 1 aliphatic heterocycles. The van der Waals surface area contributed by atoms with Gasteiger partial charge in [0, 0.05) is 0 Å². The van der Waals surface area contributed by atoms with E-state index in [4.69, 9.17) is 0 Å². The quantitative estimate of drug-likeness (QED) is 0.687. The number of likely N-dealkylation sites (tertiary alicyclic amines) is 1. The summed E-state index contributed by atoms with van der Waals surface area (Å²) >= 11 is 0. The molecule has 1 aliphatic rings. The summed E-state index contributed by atoms with van der Waals surface area (Å²) < 4.78 is 0. The van der Waals surface area contributed by atoms with Crippen LogP contribution in [0.2, 0.25) is 0 Å². The molecule has 2 nitrogen and oxygen atoms in total. The van der Waals surface area contributed by atoms with Gasteiger partial charge in [-0.15, -0.1) is 0 Å². The number of hydrogen-bond acceptors (Lipinski definition) is 2. The molecule has 1 rings (SSSR count). The molecule has 0 saturated carbocycles. The van der Waals surface area contributed by atoms with Gasteiger partial charge >= 0.3 is 0 Å². The van der Waals surface area contributed by atoms with E-state index in [1.807, 2.05) is 7.05 Å². The van der Waals surface area contributed by atoms with E-state index in [1.54, 1.807) is 0 Å². The van der Waals surface area contributed by atoms with Crippen LogP contribution in [0.25, 0.3) is 0 Å². The zero-order chi connectivity index (χ0) is 9.03. The molecule has 1 N–H and O–H groups in total. The molecular weight excluding hydrogens is 148 g/mol. The molecule has 1 heterocycles. The summed E-state index contributed by atoms with van der Waals surface area (Å²) in [7, 11) is 4.26. The normalized spacial score (nSPS) is 24.2. The molecule has 0 unspecified atom stereocenters. The van der Waals surface area contributed by atoms with Crippen LogP contribution >= 0.6 is 0 Å². The van der Waals surface area contributed by atoms with E-state index in [0.717, 1.165) is 0 Å². The highest BCUT2D eigenvalue weighted by molar-refractivity contribution is 4.81. The molecule has 0 radical (unpaired) electrons. The fraction of sp³-hybridized carbons (Fsp3) is 1.00. The van der Waals surface area contributed by atoms with E-state index in [2.05, 4.69) is 24.2 Å². The third-order valence-corrected chi connectivity index (χ3v) is 3.17. The third kappa shape index (κ3) is 2.76. The second kappa shape index (κ2) is 4.24. The third-order valence-electron chi connectivity index (χ3n) is 3.17. The highest BCUT2D eigenvalue weighted by Crippen LogP contribution is 2.33. The van der Waals surface area contributed by atoms with Gasteiger partial charge in [0.2, 0.25) is 0 Å². The molecule has 1 fully saturated rings. The van der Waals surface area contributed by atoms with Gasteiger partial charge in [0.15, 0.2) is 0 Å². The first kappa shape index (κ1) is 10.0. The van der Waals surface area contributed by atoms with Gasteiger partial charge in [0.25, 0.3) is 0 Å². The minimum absolute atomic E-state index is 0.607. The molecule has 2 heteroatoms. The Labute approximate surface area is 76.3 Å². The summed E-state index contributed by atoms with van der Waals surface area (Å²) in [6.45, 7) is 6.15. The summed E-state index contributed by atoms with van der Waals surface area (Å²) in [4.78, 5) is 2.43. The zero-order valence-electron chi connectivity index (χ0n) is 8.69. The van der Waals surface area contributed by atoms with Crippen LogP contribution in [0.4, 0.5) is 0 Å². The standard InChI is InChI=1S/C10H22N2/c1-10(4-7-11-2)5-8-12(3)9-6-10/h11H,4-9H2,1-3H3. The van der Waals surface area contributed by atoms with Crippen LogP contribution in [-0.4, -0.2) is 38.6 Å². The summed E-state index contributed by atoms with van der Waals surface area (Å²) in [5.41, 5.74) is 0.607. The zero-order valence-corrected chi connectivity index (χ0v) is 8.69. The molecule has 12 heavy (non-hydrogen) atoms.